The summed E-state index contributed by atoms with van der Waals surface area (Å²) in [4.78, 5) is 0. The van der Waals surface area contributed by atoms with Gasteiger partial charge in [0.15, 0.2) is 0 Å². The van der Waals surface area contributed by atoms with Gasteiger partial charge in [0.1, 0.15) is 0 Å². The van der Waals surface area contributed by atoms with Crippen molar-refractivity contribution < 1.29 is 10.2 Å². The van der Waals surface area contributed by atoms with Crippen molar-refractivity contribution in [2.45, 2.75) is 12.2 Å². The van der Waals surface area contributed by atoms with E-state index in [0.29, 0.717) is 13.1 Å². The van der Waals surface area contributed by atoms with Gasteiger partial charge in [-0.05, 0) is 14.1 Å². The Labute approximate surface area is 61.3 Å². The lowest BCUT2D eigenvalue weighted by Gasteiger charge is -2.16. The predicted octanol–water partition coefficient (Wildman–Crippen LogP) is -1.85. The first-order valence-corrected chi connectivity index (χ1v) is 3.37. The number of aliphatic hydroxyl groups is 2. The van der Waals surface area contributed by atoms with Crippen LogP contribution in [0.25, 0.3) is 0 Å². The fourth-order valence-corrected chi connectivity index (χ4v) is 0.690. The Kier molecular flexibility index (Phi) is 5.52. The molecule has 0 aromatic rings. The molecule has 0 aliphatic heterocycles. The quantitative estimate of drug-likeness (QED) is 0.369. The highest BCUT2D eigenvalue weighted by atomic mass is 16.3. The zero-order valence-electron chi connectivity index (χ0n) is 6.46. The van der Waals surface area contributed by atoms with Gasteiger partial charge in [-0.25, -0.2) is 0 Å². The van der Waals surface area contributed by atoms with Crippen LogP contribution in [-0.4, -0.2) is 49.6 Å². The lowest BCUT2D eigenvalue weighted by atomic mass is 10.2. The third-order valence-corrected chi connectivity index (χ3v) is 1.27. The van der Waals surface area contributed by atoms with Crippen LogP contribution in [0.1, 0.15) is 0 Å². The van der Waals surface area contributed by atoms with E-state index in [1.807, 2.05) is 0 Å². The molecular weight excluding hydrogens is 132 g/mol. The molecule has 0 amide bonds. The summed E-state index contributed by atoms with van der Waals surface area (Å²) in [6.45, 7) is 0.839. The van der Waals surface area contributed by atoms with Crippen molar-refractivity contribution in [3.05, 3.63) is 0 Å². The second kappa shape index (κ2) is 5.61. The fraction of sp³-hybridized carbons (Fsp3) is 1.00. The van der Waals surface area contributed by atoms with E-state index >= 15 is 0 Å². The molecule has 0 aliphatic rings. The molecule has 0 radical (unpaired) electrons. The van der Waals surface area contributed by atoms with E-state index in [9.17, 15) is 0 Å². The maximum atomic E-state index is 9.10. The van der Waals surface area contributed by atoms with Gasteiger partial charge in [0.2, 0.25) is 0 Å². The van der Waals surface area contributed by atoms with Gasteiger partial charge < -0.3 is 20.8 Å². The second-order valence-electron chi connectivity index (χ2n) is 2.25. The van der Waals surface area contributed by atoms with Crippen molar-refractivity contribution in [1.82, 2.24) is 10.6 Å². The van der Waals surface area contributed by atoms with Crippen LogP contribution in [0.5, 0.6) is 0 Å². The highest BCUT2D eigenvalue weighted by Crippen LogP contribution is 1.88. The number of nitrogens with one attached hydrogen (secondary N) is 2. The minimum Gasteiger partial charge on any atom is -0.389 e. The smallest absolute Gasteiger partial charge is 0.0935 e. The molecule has 0 rings (SSSR count). The van der Waals surface area contributed by atoms with Crippen molar-refractivity contribution in [3.63, 3.8) is 0 Å². The van der Waals surface area contributed by atoms with Crippen LogP contribution in [0.3, 0.4) is 0 Å². The third kappa shape index (κ3) is 3.79. The van der Waals surface area contributed by atoms with Crippen LogP contribution in [0.4, 0.5) is 0 Å². The first kappa shape index (κ1) is 9.84. The van der Waals surface area contributed by atoms with Crippen LogP contribution in [-0.2, 0) is 0 Å². The van der Waals surface area contributed by atoms with Gasteiger partial charge in [-0.3, -0.25) is 0 Å². The zero-order valence-corrected chi connectivity index (χ0v) is 6.46. The summed E-state index contributed by atoms with van der Waals surface area (Å²) >= 11 is 0. The Hall–Kier alpha value is -0.160. The SMILES string of the molecule is CNC[C@@H](O)[C@H](O)CNC. The number of hydrogen-bond donors (Lipinski definition) is 4. The van der Waals surface area contributed by atoms with E-state index in [-0.39, 0.29) is 0 Å². The molecule has 4 heteroatoms. The summed E-state index contributed by atoms with van der Waals surface area (Å²) < 4.78 is 0. The Morgan fingerprint density at radius 2 is 1.30 bits per heavy atom. The molecule has 0 bridgehead atoms. The van der Waals surface area contributed by atoms with Gasteiger partial charge in [0.05, 0.1) is 12.2 Å². The monoisotopic (exact) mass is 148 g/mol. The summed E-state index contributed by atoms with van der Waals surface area (Å²) in [6, 6.07) is 0. The van der Waals surface area contributed by atoms with E-state index < -0.39 is 12.2 Å². The van der Waals surface area contributed by atoms with Gasteiger partial charge in [0.25, 0.3) is 0 Å². The molecular formula is C6H16N2O2. The summed E-state index contributed by atoms with van der Waals surface area (Å²) in [6.07, 6.45) is -1.37. The maximum Gasteiger partial charge on any atom is 0.0935 e. The van der Waals surface area contributed by atoms with E-state index in [2.05, 4.69) is 10.6 Å². The molecule has 0 spiro atoms. The first-order valence-electron chi connectivity index (χ1n) is 3.37. The van der Waals surface area contributed by atoms with E-state index in [1.165, 1.54) is 0 Å². The van der Waals surface area contributed by atoms with Gasteiger partial charge in [-0.2, -0.15) is 0 Å². The number of likely N-dealkylation sites (N-methyl/N-ethyl adjacent to an activating group) is 2. The minimum absolute atomic E-state index is 0.419. The molecule has 0 saturated carbocycles. The van der Waals surface area contributed by atoms with E-state index in [4.69, 9.17) is 10.2 Å². The van der Waals surface area contributed by atoms with Crippen LogP contribution >= 0.6 is 0 Å². The van der Waals surface area contributed by atoms with Crippen molar-refractivity contribution in [1.29, 1.82) is 0 Å². The third-order valence-electron chi connectivity index (χ3n) is 1.27. The molecule has 0 unspecified atom stereocenters. The molecule has 4 N–H and O–H groups in total. The average molecular weight is 148 g/mol. The van der Waals surface area contributed by atoms with Crippen molar-refractivity contribution >= 4 is 0 Å². The maximum absolute atomic E-state index is 9.10. The largest absolute Gasteiger partial charge is 0.389 e. The van der Waals surface area contributed by atoms with Gasteiger partial charge in [-0.1, -0.05) is 0 Å². The normalized spacial score (nSPS) is 16.8. The average Bonchev–Trinajstić information content (AvgIpc) is 1.89. The topological polar surface area (TPSA) is 64.5 Å². The van der Waals surface area contributed by atoms with Gasteiger partial charge in [0, 0.05) is 13.1 Å². The number of rotatable bonds is 5. The molecule has 0 aromatic heterocycles. The summed E-state index contributed by atoms with van der Waals surface area (Å²) in [7, 11) is 3.46. The molecule has 10 heavy (non-hydrogen) atoms. The lowest BCUT2D eigenvalue weighted by molar-refractivity contribution is 0.0231. The van der Waals surface area contributed by atoms with Crippen molar-refractivity contribution in [3.8, 4) is 0 Å². The lowest BCUT2D eigenvalue weighted by Crippen LogP contribution is -2.40. The Balaban J connectivity index is 3.38. The number of hydrogen-bond acceptors (Lipinski definition) is 4. The molecule has 0 heterocycles. The molecule has 0 aliphatic carbocycles. The molecule has 2 atom stereocenters. The standard InChI is InChI=1S/C6H16N2O2/c1-7-3-5(9)6(10)4-8-2/h5-10H,3-4H2,1-2H3/t5-,6-/m1/s1. The molecule has 0 fully saturated rings. The molecule has 0 saturated heterocycles. The number of aliphatic hydroxyl groups excluding tert-OH is 2. The molecule has 0 aromatic carbocycles. The second-order valence-corrected chi connectivity index (χ2v) is 2.25. The molecule has 62 valence electrons. The zero-order chi connectivity index (χ0) is 7.98. The summed E-state index contributed by atoms with van der Waals surface area (Å²) in [5.41, 5.74) is 0. The Bertz CT molecular complexity index is 70.1. The van der Waals surface area contributed by atoms with Crippen LogP contribution in [0.2, 0.25) is 0 Å². The van der Waals surface area contributed by atoms with Crippen LogP contribution < -0.4 is 10.6 Å². The highest BCUT2D eigenvalue weighted by Gasteiger charge is 2.13. The molecule has 4 nitrogen and oxygen atoms in total. The van der Waals surface area contributed by atoms with Crippen molar-refractivity contribution in [2.24, 2.45) is 0 Å². The first-order chi connectivity index (χ1) is 4.72. The van der Waals surface area contributed by atoms with Crippen LogP contribution in [0.15, 0.2) is 0 Å². The predicted molar refractivity (Wildman–Crippen MR) is 39.9 cm³/mol. The van der Waals surface area contributed by atoms with Gasteiger partial charge in [-0.15, -0.1) is 0 Å². The Morgan fingerprint density at radius 3 is 1.50 bits per heavy atom. The van der Waals surface area contributed by atoms with E-state index in [0.717, 1.165) is 0 Å². The summed E-state index contributed by atoms with van der Waals surface area (Å²) in [5, 5.41) is 23.7. The Morgan fingerprint density at radius 1 is 1.00 bits per heavy atom. The minimum atomic E-state index is -0.683. The van der Waals surface area contributed by atoms with Gasteiger partial charge >= 0.3 is 0 Å². The summed E-state index contributed by atoms with van der Waals surface area (Å²) in [5.74, 6) is 0. The van der Waals surface area contributed by atoms with Crippen LogP contribution in [0, 0.1) is 0 Å². The highest BCUT2D eigenvalue weighted by molar-refractivity contribution is 4.69. The fourth-order valence-electron chi connectivity index (χ4n) is 0.690. The van der Waals surface area contributed by atoms with E-state index in [1.54, 1.807) is 14.1 Å². The van der Waals surface area contributed by atoms with Crippen molar-refractivity contribution in [2.75, 3.05) is 27.2 Å².